The summed E-state index contributed by atoms with van der Waals surface area (Å²) in [6.45, 7) is 2.29. The summed E-state index contributed by atoms with van der Waals surface area (Å²) in [5.41, 5.74) is 1.83. The Balaban J connectivity index is 1.56. The predicted molar refractivity (Wildman–Crippen MR) is 77.7 cm³/mol. The van der Waals surface area contributed by atoms with Crippen LogP contribution in [0.2, 0.25) is 0 Å². The van der Waals surface area contributed by atoms with Crippen molar-refractivity contribution in [3.05, 3.63) is 41.0 Å². The van der Waals surface area contributed by atoms with Gasteiger partial charge in [0.2, 0.25) is 0 Å². The average Bonchev–Trinajstić information content (AvgIpc) is 2.97. The number of hydrogen-bond acceptors (Lipinski definition) is 5. The van der Waals surface area contributed by atoms with Crippen LogP contribution in [0.1, 0.15) is 40.4 Å². The molecule has 6 nitrogen and oxygen atoms in total. The van der Waals surface area contributed by atoms with E-state index in [1.54, 1.807) is 0 Å². The zero-order chi connectivity index (χ0) is 14.9. The molecule has 1 aliphatic carbocycles. The number of aromatic nitrogens is 3. The first kappa shape index (κ1) is 13.5. The van der Waals surface area contributed by atoms with Crippen LogP contribution in [0.25, 0.3) is 0 Å². The molecule has 2 heterocycles. The SMILES string of the molecule is O=C1CCCc2c(OCc3nnc4n3CCOC4)cccc21. The van der Waals surface area contributed by atoms with E-state index in [0.717, 1.165) is 47.9 Å². The Morgan fingerprint density at radius 3 is 3.18 bits per heavy atom. The van der Waals surface area contributed by atoms with Gasteiger partial charge in [0.05, 0.1) is 6.61 Å². The fraction of sp³-hybridized carbons (Fsp3) is 0.438. The van der Waals surface area contributed by atoms with Crippen LogP contribution in [0.3, 0.4) is 0 Å². The zero-order valence-electron chi connectivity index (χ0n) is 12.2. The van der Waals surface area contributed by atoms with Gasteiger partial charge >= 0.3 is 0 Å². The second kappa shape index (κ2) is 5.53. The molecule has 0 saturated carbocycles. The molecule has 1 aliphatic heterocycles. The van der Waals surface area contributed by atoms with Crippen molar-refractivity contribution in [3.8, 4) is 5.75 Å². The molecule has 0 amide bonds. The summed E-state index contributed by atoms with van der Waals surface area (Å²) in [6, 6.07) is 5.69. The van der Waals surface area contributed by atoms with E-state index in [0.29, 0.717) is 26.2 Å². The highest BCUT2D eigenvalue weighted by Crippen LogP contribution is 2.30. The molecular weight excluding hydrogens is 282 g/mol. The van der Waals surface area contributed by atoms with E-state index in [2.05, 4.69) is 10.2 Å². The Kier molecular flexibility index (Phi) is 3.38. The van der Waals surface area contributed by atoms with Crippen LogP contribution in [0.4, 0.5) is 0 Å². The third-order valence-electron chi connectivity index (χ3n) is 4.22. The number of ketones is 1. The van der Waals surface area contributed by atoms with E-state index in [1.165, 1.54) is 0 Å². The van der Waals surface area contributed by atoms with E-state index in [-0.39, 0.29) is 5.78 Å². The Labute approximate surface area is 128 Å². The number of nitrogens with zero attached hydrogens (tertiary/aromatic N) is 3. The lowest BCUT2D eigenvalue weighted by atomic mass is 9.90. The molecule has 0 radical (unpaired) electrons. The Morgan fingerprint density at radius 2 is 2.23 bits per heavy atom. The minimum atomic E-state index is 0.212. The van der Waals surface area contributed by atoms with Crippen LogP contribution in [-0.2, 0) is 30.9 Å². The fourth-order valence-corrected chi connectivity index (χ4v) is 3.09. The second-order valence-electron chi connectivity index (χ2n) is 5.58. The van der Waals surface area contributed by atoms with E-state index < -0.39 is 0 Å². The molecule has 1 aromatic carbocycles. The summed E-state index contributed by atoms with van der Waals surface area (Å²) < 4.78 is 13.3. The quantitative estimate of drug-likeness (QED) is 0.866. The standard InChI is InChI=1S/C16H17N3O3/c20-13-5-1-4-12-11(13)3-2-6-14(12)22-10-16-18-17-15-9-21-8-7-19(15)16/h2-3,6H,1,4-5,7-10H2. The van der Waals surface area contributed by atoms with Crippen molar-refractivity contribution in [2.75, 3.05) is 6.61 Å². The van der Waals surface area contributed by atoms with Gasteiger partial charge in [-0.1, -0.05) is 12.1 Å². The highest BCUT2D eigenvalue weighted by atomic mass is 16.5. The number of rotatable bonds is 3. The second-order valence-corrected chi connectivity index (χ2v) is 5.58. The Hall–Kier alpha value is -2.21. The summed E-state index contributed by atoms with van der Waals surface area (Å²) >= 11 is 0. The molecule has 22 heavy (non-hydrogen) atoms. The summed E-state index contributed by atoms with van der Waals surface area (Å²) in [5, 5.41) is 8.30. The maximum absolute atomic E-state index is 12.0. The zero-order valence-corrected chi connectivity index (χ0v) is 12.2. The molecule has 0 fully saturated rings. The van der Waals surface area contributed by atoms with Gasteiger partial charge in [0.1, 0.15) is 19.0 Å². The monoisotopic (exact) mass is 299 g/mol. The van der Waals surface area contributed by atoms with Crippen molar-refractivity contribution in [2.45, 2.75) is 39.0 Å². The number of carbonyl (C=O) groups excluding carboxylic acids is 1. The van der Waals surface area contributed by atoms with E-state index in [4.69, 9.17) is 9.47 Å². The maximum Gasteiger partial charge on any atom is 0.171 e. The number of benzene rings is 1. The van der Waals surface area contributed by atoms with Gasteiger partial charge in [-0.05, 0) is 18.9 Å². The first-order chi connectivity index (χ1) is 10.8. The molecule has 0 bridgehead atoms. The number of fused-ring (bicyclic) bond motifs is 2. The lowest BCUT2D eigenvalue weighted by Gasteiger charge is -2.19. The number of ether oxygens (including phenoxy) is 2. The molecule has 0 N–H and O–H groups in total. The normalized spacial score (nSPS) is 17.0. The lowest BCUT2D eigenvalue weighted by molar-refractivity contribution is 0.0794. The molecule has 0 spiro atoms. The van der Waals surface area contributed by atoms with Crippen LogP contribution in [-0.4, -0.2) is 27.2 Å². The van der Waals surface area contributed by atoms with Gasteiger partial charge in [-0.25, -0.2) is 0 Å². The largest absolute Gasteiger partial charge is 0.485 e. The third kappa shape index (κ3) is 2.29. The van der Waals surface area contributed by atoms with Crippen molar-refractivity contribution in [1.82, 2.24) is 14.8 Å². The van der Waals surface area contributed by atoms with Gasteiger partial charge in [0.25, 0.3) is 0 Å². The van der Waals surface area contributed by atoms with Gasteiger partial charge in [-0.2, -0.15) is 0 Å². The first-order valence-electron chi connectivity index (χ1n) is 7.59. The minimum Gasteiger partial charge on any atom is -0.485 e. The number of carbonyl (C=O) groups is 1. The Bertz CT molecular complexity index is 723. The lowest BCUT2D eigenvalue weighted by Crippen LogP contribution is -2.19. The molecule has 2 aliphatic rings. The molecule has 114 valence electrons. The summed E-state index contributed by atoms with van der Waals surface area (Å²) in [5.74, 6) is 2.65. The first-order valence-corrected chi connectivity index (χ1v) is 7.59. The minimum absolute atomic E-state index is 0.212. The molecule has 1 aromatic heterocycles. The topological polar surface area (TPSA) is 66.2 Å². The molecule has 4 rings (SSSR count). The van der Waals surface area contributed by atoms with Crippen LogP contribution in [0.5, 0.6) is 5.75 Å². The third-order valence-corrected chi connectivity index (χ3v) is 4.22. The smallest absolute Gasteiger partial charge is 0.171 e. The molecule has 6 heteroatoms. The number of Topliss-reactive ketones (excluding diaryl/α,β-unsaturated/α-hetero) is 1. The molecular formula is C16H17N3O3. The molecule has 2 aromatic rings. The van der Waals surface area contributed by atoms with Crippen molar-refractivity contribution >= 4 is 5.78 Å². The van der Waals surface area contributed by atoms with E-state index in [9.17, 15) is 4.79 Å². The van der Waals surface area contributed by atoms with Gasteiger partial charge in [-0.3, -0.25) is 4.79 Å². The van der Waals surface area contributed by atoms with Crippen molar-refractivity contribution in [2.24, 2.45) is 0 Å². The van der Waals surface area contributed by atoms with Crippen LogP contribution < -0.4 is 4.74 Å². The van der Waals surface area contributed by atoms with Gasteiger partial charge in [0.15, 0.2) is 17.4 Å². The Morgan fingerprint density at radius 1 is 1.27 bits per heavy atom. The molecule has 0 saturated heterocycles. The summed E-state index contributed by atoms with van der Waals surface area (Å²) in [7, 11) is 0. The summed E-state index contributed by atoms with van der Waals surface area (Å²) in [6.07, 6.45) is 2.42. The average molecular weight is 299 g/mol. The summed E-state index contributed by atoms with van der Waals surface area (Å²) in [4.78, 5) is 12.0. The predicted octanol–water partition coefficient (Wildman–Crippen LogP) is 1.91. The molecule has 0 atom stereocenters. The van der Waals surface area contributed by atoms with Crippen molar-refractivity contribution in [3.63, 3.8) is 0 Å². The van der Waals surface area contributed by atoms with E-state index in [1.807, 2.05) is 22.8 Å². The highest BCUT2D eigenvalue weighted by Gasteiger charge is 2.21. The number of hydrogen-bond donors (Lipinski definition) is 0. The highest BCUT2D eigenvalue weighted by molar-refractivity contribution is 5.99. The van der Waals surface area contributed by atoms with Crippen LogP contribution in [0, 0.1) is 0 Å². The van der Waals surface area contributed by atoms with Crippen LogP contribution >= 0.6 is 0 Å². The van der Waals surface area contributed by atoms with Gasteiger partial charge in [0, 0.05) is 24.1 Å². The van der Waals surface area contributed by atoms with Crippen molar-refractivity contribution < 1.29 is 14.3 Å². The van der Waals surface area contributed by atoms with Gasteiger partial charge < -0.3 is 14.0 Å². The van der Waals surface area contributed by atoms with E-state index >= 15 is 0 Å². The van der Waals surface area contributed by atoms with Crippen LogP contribution in [0.15, 0.2) is 18.2 Å². The maximum atomic E-state index is 12.0. The van der Waals surface area contributed by atoms with Gasteiger partial charge in [-0.15, -0.1) is 10.2 Å². The molecule has 0 unspecified atom stereocenters. The van der Waals surface area contributed by atoms with Crippen molar-refractivity contribution in [1.29, 1.82) is 0 Å². The fourth-order valence-electron chi connectivity index (χ4n) is 3.09.